The maximum atomic E-state index is 14.2. The molecule has 0 radical (unpaired) electrons. The topological polar surface area (TPSA) is 86.8 Å². The van der Waals surface area contributed by atoms with Gasteiger partial charge in [0, 0.05) is 12.6 Å². The molecule has 0 spiro atoms. The Morgan fingerprint density at radius 2 is 1.49 bits per heavy atom. The van der Waals surface area contributed by atoms with Gasteiger partial charge < -0.3 is 10.2 Å². The number of sulfonamides is 1. The van der Waals surface area contributed by atoms with E-state index < -0.39 is 28.5 Å². The molecule has 1 N–H and O–H groups in total. The fourth-order valence-electron chi connectivity index (χ4n) is 5.52. The molecule has 41 heavy (non-hydrogen) atoms. The highest BCUT2D eigenvalue weighted by molar-refractivity contribution is 7.92. The first-order valence-corrected chi connectivity index (χ1v) is 16.0. The van der Waals surface area contributed by atoms with Gasteiger partial charge in [0.1, 0.15) is 12.6 Å². The lowest BCUT2D eigenvalue weighted by atomic mass is 9.95. The average molecular weight is 576 g/mol. The predicted molar refractivity (Wildman–Crippen MR) is 163 cm³/mol. The molecular formula is C33H41N3O4S. The molecular weight excluding hydrogens is 534 g/mol. The van der Waals surface area contributed by atoms with E-state index in [1.165, 1.54) is 22.9 Å². The largest absolute Gasteiger partial charge is 0.352 e. The van der Waals surface area contributed by atoms with E-state index in [0.717, 1.165) is 36.8 Å². The van der Waals surface area contributed by atoms with Crippen molar-refractivity contribution in [3.05, 3.63) is 96.1 Å². The number of anilines is 1. The zero-order valence-electron chi connectivity index (χ0n) is 24.0. The molecule has 218 valence electrons. The molecule has 3 aromatic rings. The molecule has 1 aliphatic rings. The molecule has 4 rings (SSSR count). The summed E-state index contributed by atoms with van der Waals surface area (Å²) in [4.78, 5) is 29.5. The van der Waals surface area contributed by atoms with Crippen LogP contribution in [-0.2, 0) is 26.0 Å². The van der Waals surface area contributed by atoms with Crippen LogP contribution >= 0.6 is 0 Å². The van der Waals surface area contributed by atoms with E-state index in [9.17, 15) is 18.0 Å². The molecule has 1 aliphatic carbocycles. The minimum absolute atomic E-state index is 0.106. The van der Waals surface area contributed by atoms with Crippen LogP contribution in [0.25, 0.3) is 0 Å². The Labute approximate surface area is 244 Å². The Kier molecular flexibility index (Phi) is 10.6. The molecule has 8 heteroatoms. The zero-order chi connectivity index (χ0) is 29.2. The van der Waals surface area contributed by atoms with E-state index in [0.29, 0.717) is 25.1 Å². The Morgan fingerprint density at radius 1 is 0.878 bits per heavy atom. The summed E-state index contributed by atoms with van der Waals surface area (Å²) >= 11 is 0. The molecule has 0 aromatic heterocycles. The zero-order valence-corrected chi connectivity index (χ0v) is 24.9. The monoisotopic (exact) mass is 575 g/mol. The third-order valence-corrected chi connectivity index (χ3v) is 9.59. The third kappa shape index (κ3) is 7.76. The van der Waals surface area contributed by atoms with Gasteiger partial charge in [-0.15, -0.1) is 0 Å². The SMILES string of the molecule is CCC(C(=O)NC1CCCCC1)N(CCc1ccccc1)C(=O)CN(c1ccccc1C)S(=O)(=O)c1ccccc1. The summed E-state index contributed by atoms with van der Waals surface area (Å²) in [5.74, 6) is -0.580. The highest BCUT2D eigenvalue weighted by atomic mass is 32.2. The van der Waals surface area contributed by atoms with Crippen molar-refractivity contribution in [1.82, 2.24) is 10.2 Å². The second kappa shape index (κ2) is 14.3. The Bertz CT molecular complexity index is 1390. The van der Waals surface area contributed by atoms with Gasteiger partial charge >= 0.3 is 0 Å². The number of hydrogen-bond donors (Lipinski definition) is 1. The van der Waals surface area contributed by atoms with Crippen LogP contribution in [0, 0.1) is 6.92 Å². The summed E-state index contributed by atoms with van der Waals surface area (Å²) in [5, 5.41) is 3.19. The molecule has 2 amide bonds. The summed E-state index contributed by atoms with van der Waals surface area (Å²) in [6.07, 6.45) is 6.20. The highest BCUT2D eigenvalue weighted by Gasteiger charge is 2.34. The summed E-state index contributed by atoms with van der Waals surface area (Å²) in [7, 11) is -4.06. The molecule has 1 unspecified atom stereocenters. The lowest BCUT2D eigenvalue weighted by Gasteiger charge is -2.34. The molecule has 1 atom stereocenters. The number of benzene rings is 3. The van der Waals surface area contributed by atoms with Crippen LogP contribution in [0.15, 0.2) is 89.8 Å². The first-order chi connectivity index (χ1) is 19.8. The fraction of sp³-hybridized carbons (Fsp3) is 0.394. The predicted octanol–water partition coefficient (Wildman–Crippen LogP) is 5.49. The van der Waals surface area contributed by atoms with Gasteiger partial charge in [-0.1, -0.05) is 92.9 Å². The number of amides is 2. The average Bonchev–Trinajstić information content (AvgIpc) is 2.99. The fourth-order valence-corrected chi connectivity index (χ4v) is 7.02. The second-order valence-electron chi connectivity index (χ2n) is 10.7. The van der Waals surface area contributed by atoms with Crippen molar-refractivity contribution in [3.8, 4) is 0 Å². The molecule has 1 saturated carbocycles. The Hall–Kier alpha value is -3.65. The van der Waals surface area contributed by atoms with Crippen molar-refractivity contribution >= 4 is 27.5 Å². The standard InChI is InChI=1S/C33H41N3O4S/c1-3-30(33(38)34-28-18-9-5-10-19-28)35(24-23-27-16-7-4-8-17-27)32(37)25-36(31-22-14-13-15-26(31)2)41(39,40)29-20-11-6-12-21-29/h4,6-8,11-17,20-22,28,30H,3,5,9-10,18-19,23-25H2,1-2H3,(H,34,38). The van der Waals surface area contributed by atoms with Gasteiger partial charge in [-0.2, -0.15) is 0 Å². The van der Waals surface area contributed by atoms with Crippen molar-refractivity contribution in [1.29, 1.82) is 0 Å². The van der Waals surface area contributed by atoms with Crippen LogP contribution in [0.1, 0.15) is 56.6 Å². The van der Waals surface area contributed by atoms with Crippen LogP contribution in [0.2, 0.25) is 0 Å². The first kappa shape index (κ1) is 30.3. The van der Waals surface area contributed by atoms with Gasteiger partial charge in [-0.3, -0.25) is 13.9 Å². The van der Waals surface area contributed by atoms with Crippen LogP contribution in [0.5, 0.6) is 0 Å². The van der Waals surface area contributed by atoms with Crippen molar-refractivity contribution in [2.45, 2.75) is 75.8 Å². The molecule has 0 heterocycles. The quantitative estimate of drug-likeness (QED) is 0.310. The molecule has 3 aromatic carbocycles. The van der Waals surface area contributed by atoms with Gasteiger partial charge in [0.2, 0.25) is 11.8 Å². The van der Waals surface area contributed by atoms with Crippen molar-refractivity contribution < 1.29 is 18.0 Å². The van der Waals surface area contributed by atoms with E-state index in [1.54, 1.807) is 35.2 Å². The summed E-state index contributed by atoms with van der Waals surface area (Å²) < 4.78 is 29.1. The van der Waals surface area contributed by atoms with Crippen LogP contribution < -0.4 is 9.62 Å². The van der Waals surface area contributed by atoms with Crippen molar-refractivity contribution in [2.24, 2.45) is 0 Å². The number of nitrogens with one attached hydrogen (secondary N) is 1. The minimum Gasteiger partial charge on any atom is -0.352 e. The lowest BCUT2D eigenvalue weighted by Crippen LogP contribution is -2.54. The third-order valence-electron chi connectivity index (χ3n) is 7.82. The first-order valence-electron chi connectivity index (χ1n) is 14.6. The van der Waals surface area contributed by atoms with Gasteiger partial charge in [0.25, 0.3) is 10.0 Å². The normalized spacial score (nSPS) is 14.7. The lowest BCUT2D eigenvalue weighted by molar-refractivity contribution is -0.140. The van der Waals surface area contributed by atoms with E-state index in [-0.39, 0.29) is 16.8 Å². The van der Waals surface area contributed by atoms with E-state index >= 15 is 0 Å². The minimum atomic E-state index is -4.06. The summed E-state index contributed by atoms with van der Waals surface area (Å²) in [5.41, 5.74) is 2.21. The van der Waals surface area contributed by atoms with Crippen molar-refractivity contribution in [2.75, 3.05) is 17.4 Å². The van der Waals surface area contributed by atoms with Crippen LogP contribution in [-0.4, -0.2) is 50.3 Å². The Morgan fingerprint density at radius 3 is 2.12 bits per heavy atom. The summed E-state index contributed by atoms with van der Waals surface area (Å²) in [6, 6.07) is 24.5. The summed E-state index contributed by atoms with van der Waals surface area (Å²) in [6.45, 7) is 3.61. The van der Waals surface area contributed by atoms with E-state index in [2.05, 4.69) is 5.32 Å². The van der Waals surface area contributed by atoms with Crippen LogP contribution in [0.4, 0.5) is 5.69 Å². The van der Waals surface area contributed by atoms with Gasteiger partial charge in [-0.25, -0.2) is 8.42 Å². The molecule has 7 nitrogen and oxygen atoms in total. The Balaban J connectivity index is 1.66. The molecule has 1 fully saturated rings. The molecule has 0 saturated heterocycles. The van der Waals surface area contributed by atoms with Crippen molar-refractivity contribution in [3.63, 3.8) is 0 Å². The number of aryl methyl sites for hydroxylation is 1. The number of nitrogens with zero attached hydrogens (tertiary/aromatic N) is 2. The molecule has 0 bridgehead atoms. The maximum Gasteiger partial charge on any atom is 0.264 e. The number of hydrogen-bond acceptors (Lipinski definition) is 4. The second-order valence-corrected chi connectivity index (χ2v) is 12.6. The number of carbonyl (C=O) groups excluding carboxylic acids is 2. The highest BCUT2D eigenvalue weighted by Crippen LogP contribution is 2.27. The molecule has 0 aliphatic heterocycles. The maximum absolute atomic E-state index is 14.2. The van der Waals surface area contributed by atoms with Gasteiger partial charge in [0.15, 0.2) is 0 Å². The number of rotatable bonds is 12. The van der Waals surface area contributed by atoms with E-state index in [4.69, 9.17) is 0 Å². The van der Waals surface area contributed by atoms with E-state index in [1.807, 2.05) is 56.3 Å². The number of para-hydroxylation sites is 1. The smallest absolute Gasteiger partial charge is 0.264 e. The van der Waals surface area contributed by atoms with Gasteiger partial charge in [0.05, 0.1) is 10.6 Å². The van der Waals surface area contributed by atoms with Gasteiger partial charge in [-0.05, 0) is 61.9 Å². The number of carbonyl (C=O) groups is 2. The van der Waals surface area contributed by atoms with Crippen LogP contribution in [0.3, 0.4) is 0 Å².